The van der Waals surface area contributed by atoms with E-state index in [1.165, 1.54) is 12.8 Å². The molecule has 98 valence electrons. The first kappa shape index (κ1) is 12.9. The Labute approximate surface area is 105 Å². The Hall–Kier alpha value is -0.570. The van der Waals surface area contributed by atoms with Gasteiger partial charge in [0.1, 0.15) is 0 Å². The van der Waals surface area contributed by atoms with Crippen molar-refractivity contribution in [1.82, 2.24) is 4.90 Å². The fourth-order valence-electron chi connectivity index (χ4n) is 3.03. The Balaban J connectivity index is 1.80. The van der Waals surface area contributed by atoms with Crippen molar-refractivity contribution in [2.24, 2.45) is 11.8 Å². The van der Waals surface area contributed by atoms with Gasteiger partial charge in [0, 0.05) is 26.1 Å². The number of carbonyl (C=O) groups is 1. The lowest BCUT2D eigenvalue weighted by Crippen LogP contribution is -2.42. The van der Waals surface area contributed by atoms with Crippen LogP contribution in [-0.2, 0) is 9.53 Å². The maximum atomic E-state index is 12.3. The van der Waals surface area contributed by atoms with Crippen molar-refractivity contribution in [1.29, 1.82) is 0 Å². The molecule has 0 aromatic rings. The minimum Gasteiger partial charge on any atom is -0.381 e. The van der Waals surface area contributed by atoms with Crippen LogP contribution in [-0.4, -0.2) is 37.1 Å². The summed E-state index contributed by atoms with van der Waals surface area (Å²) < 4.78 is 5.35. The Bertz CT molecular complexity index is 251. The number of rotatable bonds is 2. The maximum absolute atomic E-state index is 12.3. The lowest BCUT2D eigenvalue weighted by Gasteiger charge is -2.35. The molecule has 0 N–H and O–H groups in total. The lowest BCUT2D eigenvalue weighted by molar-refractivity contribution is -0.138. The van der Waals surface area contributed by atoms with Crippen LogP contribution in [0.2, 0.25) is 0 Å². The number of carbonyl (C=O) groups excluding carboxylic acids is 1. The molecule has 0 radical (unpaired) electrons. The van der Waals surface area contributed by atoms with Gasteiger partial charge in [-0.1, -0.05) is 6.92 Å². The second-order valence-corrected chi connectivity index (χ2v) is 5.72. The first-order valence-corrected chi connectivity index (χ1v) is 7.02. The van der Waals surface area contributed by atoms with Crippen molar-refractivity contribution in [3.05, 3.63) is 0 Å². The van der Waals surface area contributed by atoms with Gasteiger partial charge in [0.2, 0.25) is 5.91 Å². The van der Waals surface area contributed by atoms with Gasteiger partial charge in [-0.15, -0.1) is 0 Å². The first-order chi connectivity index (χ1) is 8.20. The third kappa shape index (κ3) is 3.21. The summed E-state index contributed by atoms with van der Waals surface area (Å²) in [5.74, 6) is 1.48. The van der Waals surface area contributed by atoms with Crippen LogP contribution in [0.5, 0.6) is 0 Å². The first-order valence-electron chi connectivity index (χ1n) is 7.02. The number of methoxy groups -OCH3 is 1. The summed E-state index contributed by atoms with van der Waals surface area (Å²) >= 11 is 0. The van der Waals surface area contributed by atoms with E-state index in [0.29, 0.717) is 12.0 Å². The minimum absolute atomic E-state index is 0.273. The average Bonchev–Trinajstić information content (AvgIpc) is 2.39. The number of nitrogens with zero attached hydrogens (tertiary/aromatic N) is 1. The van der Waals surface area contributed by atoms with Gasteiger partial charge in [-0.3, -0.25) is 4.79 Å². The Morgan fingerprint density at radius 2 is 1.65 bits per heavy atom. The second-order valence-electron chi connectivity index (χ2n) is 5.72. The van der Waals surface area contributed by atoms with Crippen LogP contribution in [0.1, 0.15) is 45.4 Å². The van der Waals surface area contributed by atoms with Crippen LogP contribution in [0, 0.1) is 11.8 Å². The highest BCUT2D eigenvalue weighted by Crippen LogP contribution is 2.28. The normalized spacial score (nSPS) is 31.5. The molecule has 1 saturated heterocycles. The van der Waals surface area contributed by atoms with E-state index in [1.807, 2.05) is 0 Å². The van der Waals surface area contributed by atoms with Crippen molar-refractivity contribution >= 4 is 5.91 Å². The van der Waals surface area contributed by atoms with Crippen molar-refractivity contribution in [3.8, 4) is 0 Å². The Morgan fingerprint density at radius 3 is 2.18 bits per heavy atom. The van der Waals surface area contributed by atoms with Crippen LogP contribution in [0.3, 0.4) is 0 Å². The molecule has 1 aliphatic carbocycles. The third-order valence-electron chi connectivity index (χ3n) is 4.45. The molecule has 0 bridgehead atoms. The molecule has 0 unspecified atom stereocenters. The number of amides is 1. The van der Waals surface area contributed by atoms with Gasteiger partial charge in [0.05, 0.1) is 6.10 Å². The highest BCUT2D eigenvalue weighted by atomic mass is 16.5. The molecule has 1 saturated carbocycles. The number of hydrogen-bond donors (Lipinski definition) is 0. The van der Waals surface area contributed by atoms with Gasteiger partial charge in [-0.2, -0.15) is 0 Å². The number of likely N-dealkylation sites (tertiary alicyclic amines) is 1. The summed E-state index contributed by atoms with van der Waals surface area (Å²) in [6.07, 6.45) is 6.89. The second kappa shape index (κ2) is 5.85. The molecule has 1 aliphatic heterocycles. The molecule has 2 fully saturated rings. The molecule has 0 spiro atoms. The molecule has 2 rings (SSSR count). The van der Waals surface area contributed by atoms with E-state index in [0.717, 1.165) is 44.7 Å². The number of hydrogen-bond acceptors (Lipinski definition) is 2. The summed E-state index contributed by atoms with van der Waals surface area (Å²) in [5.41, 5.74) is 0. The van der Waals surface area contributed by atoms with Crippen molar-refractivity contribution in [2.75, 3.05) is 20.2 Å². The summed E-state index contributed by atoms with van der Waals surface area (Å²) in [6, 6.07) is 0. The molecular formula is C14H25NO2. The van der Waals surface area contributed by atoms with Crippen LogP contribution >= 0.6 is 0 Å². The van der Waals surface area contributed by atoms with Gasteiger partial charge in [-0.25, -0.2) is 0 Å². The van der Waals surface area contributed by atoms with Crippen molar-refractivity contribution in [2.45, 2.75) is 51.6 Å². The lowest BCUT2D eigenvalue weighted by atomic mass is 9.85. The molecule has 0 atom stereocenters. The highest BCUT2D eigenvalue weighted by molar-refractivity contribution is 5.79. The minimum atomic E-state index is 0.273. The van der Waals surface area contributed by atoms with E-state index in [4.69, 9.17) is 4.74 Å². The SMILES string of the molecule is COC1CCC(C(=O)N2CCC(C)CC2)CC1. The summed E-state index contributed by atoms with van der Waals surface area (Å²) in [5, 5.41) is 0. The Morgan fingerprint density at radius 1 is 1.06 bits per heavy atom. The van der Waals surface area contributed by atoms with Gasteiger partial charge in [0.15, 0.2) is 0 Å². The van der Waals surface area contributed by atoms with E-state index in [9.17, 15) is 4.79 Å². The summed E-state index contributed by atoms with van der Waals surface area (Å²) in [7, 11) is 1.78. The van der Waals surface area contributed by atoms with E-state index in [2.05, 4.69) is 11.8 Å². The van der Waals surface area contributed by atoms with Crippen LogP contribution in [0.4, 0.5) is 0 Å². The fraction of sp³-hybridized carbons (Fsp3) is 0.929. The smallest absolute Gasteiger partial charge is 0.225 e. The van der Waals surface area contributed by atoms with E-state index >= 15 is 0 Å². The zero-order chi connectivity index (χ0) is 12.3. The van der Waals surface area contributed by atoms with Crippen LogP contribution in [0.25, 0.3) is 0 Å². The van der Waals surface area contributed by atoms with E-state index in [-0.39, 0.29) is 5.92 Å². The zero-order valence-corrected chi connectivity index (χ0v) is 11.2. The van der Waals surface area contributed by atoms with Crippen molar-refractivity contribution in [3.63, 3.8) is 0 Å². The van der Waals surface area contributed by atoms with Gasteiger partial charge in [0.25, 0.3) is 0 Å². The summed E-state index contributed by atoms with van der Waals surface area (Å²) in [6.45, 7) is 4.24. The number of piperidine rings is 1. The van der Waals surface area contributed by atoms with E-state index < -0.39 is 0 Å². The summed E-state index contributed by atoms with van der Waals surface area (Å²) in [4.78, 5) is 14.4. The molecular weight excluding hydrogens is 214 g/mol. The maximum Gasteiger partial charge on any atom is 0.225 e. The van der Waals surface area contributed by atoms with Gasteiger partial charge in [-0.05, 0) is 44.4 Å². The standard InChI is InChI=1S/C14H25NO2/c1-11-7-9-15(10-8-11)14(16)12-3-5-13(17-2)6-4-12/h11-13H,3-10H2,1-2H3. The predicted molar refractivity (Wildman–Crippen MR) is 67.7 cm³/mol. The fourth-order valence-corrected chi connectivity index (χ4v) is 3.03. The molecule has 3 nitrogen and oxygen atoms in total. The topological polar surface area (TPSA) is 29.5 Å². The van der Waals surface area contributed by atoms with Crippen LogP contribution < -0.4 is 0 Å². The third-order valence-corrected chi connectivity index (χ3v) is 4.45. The average molecular weight is 239 g/mol. The largest absolute Gasteiger partial charge is 0.381 e. The van der Waals surface area contributed by atoms with Crippen molar-refractivity contribution < 1.29 is 9.53 Å². The van der Waals surface area contributed by atoms with Crippen LogP contribution in [0.15, 0.2) is 0 Å². The zero-order valence-electron chi connectivity index (χ0n) is 11.2. The molecule has 0 aromatic heterocycles. The number of ether oxygens (including phenoxy) is 1. The monoisotopic (exact) mass is 239 g/mol. The molecule has 1 heterocycles. The van der Waals surface area contributed by atoms with Gasteiger partial charge >= 0.3 is 0 Å². The molecule has 0 aromatic carbocycles. The highest BCUT2D eigenvalue weighted by Gasteiger charge is 2.30. The molecule has 2 aliphatic rings. The quantitative estimate of drug-likeness (QED) is 0.741. The van der Waals surface area contributed by atoms with Gasteiger partial charge < -0.3 is 9.64 Å². The molecule has 1 amide bonds. The predicted octanol–water partition coefficient (Wildman–Crippen LogP) is 2.45. The van der Waals surface area contributed by atoms with E-state index in [1.54, 1.807) is 7.11 Å². The molecule has 17 heavy (non-hydrogen) atoms. The molecule has 3 heteroatoms. The Kier molecular flexibility index (Phi) is 4.43.